The van der Waals surface area contributed by atoms with Gasteiger partial charge in [-0.05, 0) is 31.4 Å². The van der Waals surface area contributed by atoms with Gasteiger partial charge in [-0.3, -0.25) is 0 Å². The van der Waals surface area contributed by atoms with E-state index in [-0.39, 0.29) is 16.6 Å². The summed E-state index contributed by atoms with van der Waals surface area (Å²) in [5.74, 6) is 1.12. The minimum Gasteiger partial charge on any atom is -0.377 e. The number of hydrogen-bond donors (Lipinski definition) is 0. The van der Waals surface area contributed by atoms with Crippen LogP contribution in [0.3, 0.4) is 0 Å². The van der Waals surface area contributed by atoms with Gasteiger partial charge in [0.15, 0.2) is 5.82 Å². The zero-order valence-corrected chi connectivity index (χ0v) is 13.7. The minimum absolute atomic E-state index is 0.135. The SMILES string of the molecule is C[C@@H]1COCCN1c1cc(N=S(C)(=O)C2CC2)nc(Cl)n1. The summed E-state index contributed by atoms with van der Waals surface area (Å²) in [6.45, 7) is 4.13. The first kappa shape index (κ1) is 15.0. The van der Waals surface area contributed by atoms with E-state index in [0.29, 0.717) is 19.0 Å². The normalized spacial score (nSPS) is 25.5. The molecule has 1 saturated carbocycles. The van der Waals surface area contributed by atoms with Gasteiger partial charge in [0.2, 0.25) is 5.28 Å². The number of aromatic nitrogens is 2. The zero-order chi connectivity index (χ0) is 15.0. The molecule has 1 saturated heterocycles. The molecule has 0 bridgehead atoms. The van der Waals surface area contributed by atoms with Gasteiger partial charge in [0.1, 0.15) is 5.82 Å². The van der Waals surface area contributed by atoms with Crippen molar-refractivity contribution < 1.29 is 8.95 Å². The molecule has 2 atom stereocenters. The molecule has 0 spiro atoms. The second kappa shape index (κ2) is 5.70. The van der Waals surface area contributed by atoms with Gasteiger partial charge in [-0.2, -0.15) is 9.35 Å². The van der Waals surface area contributed by atoms with E-state index >= 15 is 0 Å². The second-order valence-corrected chi connectivity index (χ2v) is 8.53. The Morgan fingerprint density at radius 3 is 2.90 bits per heavy atom. The number of rotatable bonds is 3. The molecule has 1 aromatic heterocycles. The molecule has 0 radical (unpaired) electrons. The molecule has 116 valence electrons. The van der Waals surface area contributed by atoms with Crippen molar-refractivity contribution in [3.05, 3.63) is 11.3 Å². The number of morpholine rings is 1. The zero-order valence-electron chi connectivity index (χ0n) is 12.2. The van der Waals surface area contributed by atoms with E-state index in [1.807, 2.05) is 0 Å². The molecular formula is C13H19ClN4O2S. The summed E-state index contributed by atoms with van der Waals surface area (Å²) in [5.41, 5.74) is 0. The predicted octanol–water partition coefficient (Wildman–Crippen LogP) is 2.25. The van der Waals surface area contributed by atoms with Crippen LogP contribution in [0.2, 0.25) is 5.28 Å². The van der Waals surface area contributed by atoms with Crippen molar-refractivity contribution in [3.8, 4) is 0 Å². The maximum atomic E-state index is 12.5. The van der Waals surface area contributed by atoms with Gasteiger partial charge in [0.25, 0.3) is 0 Å². The lowest BCUT2D eigenvalue weighted by atomic mass is 10.2. The van der Waals surface area contributed by atoms with Crippen LogP contribution in [0.15, 0.2) is 10.4 Å². The predicted molar refractivity (Wildman–Crippen MR) is 83.8 cm³/mol. The molecule has 1 aliphatic heterocycles. The van der Waals surface area contributed by atoms with Gasteiger partial charge in [-0.15, -0.1) is 0 Å². The number of hydrogen-bond acceptors (Lipinski definition) is 6. The molecule has 1 aromatic rings. The smallest absolute Gasteiger partial charge is 0.226 e. The summed E-state index contributed by atoms with van der Waals surface area (Å²) < 4.78 is 22.2. The molecule has 0 aromatic carbocycles. The molecule has 21 heavy (non-hydrogen) atoms. The summed E-state index contributed by atoms with van der Waals surface area (Å²) >= 11 is 6.01. The van der Waals surface area contributed by atoms with Crippen molar-refractivity contribution in [1.29, 1.82) is 0 Å². The van der Waals surface area contributed by atoms with Gasteiger partial charge in [-0.1, -0.05) is 0 Å². The van der Waals surface area contributed by atoms with Crippen LogP contribution in [0.5, 0.6) is 0 Å². The number of anilines is 1. The fraction of sp³-hybridized carbons (Fsp3) is 0.692. The molecule has 2 aliphatic rings. The first-order valence-corrected chi connectivity index (χ1v) is 9.42. The molecule has 2 heterocycles. The molecule has 2 fully saturated rings. The topological polar surface area (TPSA) is 67.7 Å². The van der Waals surface area contributed by atoms with Gasteiger partial charge in [-0.25, -0.2) is 9.19 Å². The van der Waals surface area contributed by atoms with Crippen molar-refractivity contribution in [1.82, 2.24) is 9.97 Å². The van der Waals surface area contributed by atoms with Crippen LogP contribution < -0.4 is 4.90 Å². The van der Waals surface area contributed by atoms with Crippen molar-refractivity contribution in [3.63, 3.8) is 0 Å². The van der Waals surface area contributed by atoms with Crippen molar-refractivity contribution >= 4 is 33.0 Å². The third kappa shape index (κ3) is 3.46. The molecule has 1 aliphatic carbocycles. The largest absolute Gasteiger partial charge is 0.377 e. The Hall–Kier alpha value is -0.920. The van der Waals surface area contributed by atoms with Gasteiger partial charge >= 0.3 is 0 Å². The third-order valence-corrected chi connectivity index (χ3v) is 6.18. The third-order valence-electron chi connectivity index (χ3n) is 3.75. The minimum atomic E-state index is -2.24. The molecule has 0 N–H and O–H groups in total. The number of halogens is 1. The highest BCUT2D eigenvalue weighted by atomic mass is 35.5. The fourth-order valence-electron chi connectivity index (χ4n) is 2.42. The molecule has 1 unspecified atom stereocenters. The Morgan fingerprint density at radius 2 is 2.24 bits per heavy atom. The second-order valence-electron chi connectivity index (χ2n) is 5.62. The Kier molecular flexibility index (Phi) is 4.07. The van der Waals surface area contributed by atoms with Gasteiger partial charge in [0.05, 0.1) is 29.0 Å². The van der Waals surface area contributed by atoms with E-state index in [4.69, 9.17) is 16.3 Å². The van der Waals surface area contributed by atoms with Gasteiger partial charge in [0, 0.05) is 24.1 Å². The van der Waals surface area contributed by atoms with E-state index in [0.717, 1.165) is 25.2 Å². The quantitative estimate of drug-likeness (QED) is 0.795. The highest BCUT2D eigenvalue weighted by Crippen LogP contribution is 2.32. The van der Waals surface area contributed by atoms with Crippen LogP contribution in [0.1, 0.15) is 19.8 Å². The highest BCUT2D eigenvalue weighted by Gasteiger charge is 2.31. The highest BCUT2D eigenvalue weighted by molar-refractivity contribution is 7.93. The molecular weight excluding hydrogens is 312 g/mol. The Bertz CT molecular complexity index is 656. The van der Waals surface area contributed by atoms with Crippen LogP contribution in [-0.2, 0) is 14.5 Å². The molecule has 3 rings (SSSR count). The number of nitrogens with zero attached hydrogens (tertiary/aromatic N) is 4. The average Bonchev–Trinajstić information content (AvgIpc) is 3.22. The standard InChI is InChI=1S/C13H19ClN4O2S/c1-9-8-20-6-5-18(9)12-7-11(15-13(14)16-12)17-21(2,19)10-3-4-10/h7,9-10H,3-6,8H2,1-2H3/t9-,21?/m1/s1. The van der Waals surface area contributed by atoms with Crippen molar-refractivity contribution in [2.75, 3.05) is 30.9 Å². The Balaban J connectivity index is 1.94. The maximum absolute atomic E-state index is 12.5. The molecule has 0 amide bonds. The summed E-state index contributed by atoms with van der Waals surface area (Å²) in [5, 5.41) is 0.327. The first-order chi connectivity index (χ1) is 9.95. The van der Waals surface area contributed by atoms with E-state index in [2.05, 4.69) is 26.2 Å². The first-order valence-electron chi connectivity index (χ1n) is 7.06. The van der Waals surface area contributed by atoms with Crippen LogP contribution >= 0.6 is 11.6 Å². The van der Waals surface area contributed by atoms with E-state index in [1.165, 1.54) is 0 Å². The number of ether oxygens (including phenoxy) is 1. The van der Waals surface area contributed by atoms with Crippen molar-refractivity contribution in [2.24, 2.45) is 4.36 Å². The van der Waals surface area contributed by atoms with Gasteiger partial charge < -0.3 is 9.64 Å². The maximum Gasteiger partial charge on any atom is 0.226 e. The fourth-order valence-corrected chi connectivity index (χ4v) is 4.22. The van der Waals surface area contributed by atoms with Crippen LogP contribution in [0.25, 0.3) is 0 Å². The molecule has 6 nitrogen and oxygen atoms in total. The van der Waals surface area contributed by atoms with Crippen molar-refractivity contribution in [2.45, 2.75) is 31.1 Å². The molecule has 8 heteroatoms. The Labute approximate surface area is 130 Å². The van der Waals surface area contributed by atoms with E-state index < -0.39 is 9.73 Å². The monoisotopic (exact) mass is 330 g/mol. The van der Waals surface area contributed by atoms with E-state index in [9.17, 15) is 4.21 Å². The average molecular weight is 331 g/mol. The van der Waals surface area contributed by atoms with Crippen LogP contribution in [0.4, 0.5) is 11.6 Å². The lowest BCUT2D eigenvalue weighted by Gasteiger charge is -2.34. The summed E-state index contributed by atoms with van der Waals surface area (Å²) in [6, 6.07) is 1.98. The Morgan fingerprint density at radius 1 is 1.48 bits per heavy atom. The summed E-state index contributed by atoms with van der Waals surface area (Å²) in [4.78, 5) is 10.5. The lowest BCUT2D eigenvalue weighted by molar-refractivity contribution is 0.0985. The summed E-state index contributed by atoms with van der Waals surface area (Å²) in [6.07, 6.45) is 3.65. The van der Waals surface area contributed by atoms with Crippen LogP contribution in [0, 0.1) is 0 Å². The van der Waals surface area contributed by atoms with E-state index in [1.54, 1.807) is 12.3 Å². The summed E-state index contributed by atoms with van der Waals surface area (Å²) in [7, 11) is -2.24. The lowest BCUT2D eigenvalue weighted by Crippen LogP contribution is -2.44. The van der Waals surface area contributed by atoms with Crippen LogP contribution in [-0.4, -0.2) is 51.5 Å².